The van der Waals surface area contributed by atoms with E-state index >= 15 is 0 Å². The van der Waals surface area contributed by atoms with Crippen molar-refractivity contribution in [3.8, 4) is 0 Å². The first-order valence-electron chi connectivity index (χ1n) is 12.1. The van der Waals surface area contributed by atoms with Crippen molar-refractivity contribution in [1.29, 1.82) is 0 Å². The molecule has 3 heterocycles. The molecule has 1 aromatic carbocycles. The summed E-state index contributed by atoms with van der Waals surface area (Å²) in [5, 5.41) is 1.89. The van der Waals surface area contributed by atoms with Crippen LogP contribution in [0.15, 0.2) is 64.4 Å². The third-order valence-corrected chi connectivity index (χ3v) is 6.92. The molecule has 0 radical (unpaired) electrons. The van der Waals surface area contributed by atoms with E-state index in [0.29, 0.717) is 24.5 Å². The van der Waals surface area contributed by atoms with E-state index in [9.17, 15) is 9.59 Å². The Balaban J connectivity index is 1.46. The summed E-state index contributed by atoms with van der Waals surface area (Å²) in [6, 6.07) is 17.4. The minimum Gasteiger partial charge on any atom is -0.464 e. The van der Waals surface area contributed by atoms with E-state index < -0.39 is 0 Å². The molecule has 2 aromatic heterocycles. The summed E-state index contributed by atoms with van der Waals surface area (Å²) in [6.07, 6.45) is 0.806. The van der Waals surface area contributed by atoms with Gasteiger partial charge in [-0.1, -0.05) is 36.4 Å². The monoisotopic (exact) mass is 495 g/mol. The minimum absolute atomic E-state index is 0.0341. The maximum Gasteiger partial charge on any atom is 0.264 e. The molecule has 3 aromatic rings. The van der Waals surface area contributed by atoms with Gasteiger partial charge in [-0.15, -0.1) is 11.3 Å². The molecule has 1 fully saturated rings. The van der Waals surface area contributed by atoms with Crippen molar-refractivity contribution in [3.05, 3.63) is 81.9 Å². The Hall–Kier alpha value is -2.94. The zero-order valence-electron chi connectivity index (χ0n) is 20.2. The SMILES string of the molecule is Cc1ccc(CN(Cc2ccccc2)C(=O)CN(CCCN2CCOCC2)C(=O)c2cccs2)o1. The zero-order valence-corrected chi connectivity index (χ0v) is 21.0. The highest BCUT2D eigenvalue weighted by molar-refractivity contribution is 7.12. The van der Waals surface area contributed by atoms with E-state index in [1.165, 1.54) is 11.3 Å². The fourth-order valence-corrected chi connectivity index (χ4v) is 4.87. The van der Waals surface area contributed by atoms with Crippen LogP contribution in [0.4, 0.5) is 0 Å². The third-order valence-electron chi connectivity index (χ3n) is 6.06. The molecule has 0 saturated carbocycles. The number of furan rings is 1. The van der Waals surface area contributed by atoms with Gasteiger partial charge in [0.05, 0.1) is 24.6 Å². The largest absolute Gasteiger partial charge is 0.464 e. The summed E-state index contributed by atoms with van der Waals surface area (Å²) in [5.74, 6) is 1.35. The Labute approximate surface area is 210 Å². The Bertz CT molecular complexity index is 1060. The normalized spacial score (nSPS) is 14.1. The number of rotatable bonds is 11. The van der Waals surface area contributed by atoms with Gasteiger partial charge in [-0.3, -0.25) is 14.5 Å². The topological polar surface area (TPSA) is 66.2 Å². The van der Waals surface area contributed by atoms with Crippen LogP contribution in [0.3, 0.4) is 0 Å². The number of carbonyl (C=O) groups is 2. The first-order chi connectivity index (χ1) is 17.1. The van der Waals surface area contributed by atoms with Gasteiger partial charge >= 0.3 is 0 Å². The van der Waals surface area contributed by atoms with Gasteiger partial charge in [-0.05, 0) is 42.5 Å². The molecule has 0 bridgehead atoms. The van der Waals surface area contributed by atoms with Gasteiger partial charge in [0.25, 0.3) is 5.91 Å². The van der Waals surface area contributed by atoms with Crippen LogP contribution < -0.4 is 0 Å². The molecule has 0 aliphatic carbocycles. The van der Waals surface area contributed by atoms with E-state index in [2.05, 4.69) is 4.90 Å². The second-order valence-electron chi connectivity index (χ2n) is 8.76. The quantitative estimate of drug-likeness (QED) is 0.402. The molecule has 7 nitrogen and oxygen atoms in total. The number of aryl methyl sites for hydroxylation is 1. The van der Waals surface area contributed by atoms with Crippen LogP contribution in [0.25, 0.3) is 0 Å². The van der Waals surface area contributed by atoms with E-state index in [0.717, 1.165) is 56.4 Å². The average molecular weight is 496 g/mol. The summed E-state index contributed by atoms with van der Waals surface area (Å²) in [4.78, 5) is 33.3. The van der Waals surface area contributed by atoms with Gasteiger partial charge in [-0.2, -0.15) is 0 Å². The first-order valence-corrected chi connectivity index (χ1v) is 13.0. The van der Waals surface area contributed by atoms with E-state index in [1.54, 1.807) is 9.80 Å². The van der Waals surface area contributed by atoms with Crippen molar-refractivity contribution in [2.75, 3.05) is 45.9 Å². The highest BCUT2D eigenvalue weighted by atomic mass is 32.1. The fraction of sp³-hybridized carbons (Fsp3) is 0.407. The van der Waals surface area contributed by atoms with Gasteiger partial charge in [-0.25, -0.2) is 0 Å². The third kappa shape index (κ3) is 7.52. The van der Waals surface area contributed by atoms with Crippen molar-refractivity contribution >= 4 is 23.2 Å². The lowest BCUT2D eigenvalue weighted by Crippen LogP contribution is -2.44. The number of hydrogen-bond donors (Lipinski definition) is 0. The number of carbonyl (C=O) groups excluding carboxylic acids is 2. The molecule has 1 saturated heterocycles. The smallest absolute Gasteiger partial charge is 0.264 e. The van der Waals surface area contributed by atoms with Gasteiger partial charge in [0.2, 0.25) is 5.91 Å². The van der Waals surface area contributed by atoms with Gasteiger partial charge in [0, 0.05) is 32.7 Å². The van der Waals surface area contributed by atoms with Crippen LogP contribution in [-0.2, 0) is 22.6 Å². The van der Waals surface area contributed by atoms with Crippen molar-refractivity contribution in [1.82, 2.24) is 14.7 Å². The number of thiophene rings is 1. The first kappa shape index (κ1) is 25.2. The molecule has 0 N–H and O–H groups in total. The van der Waals surface area contributed by atoms with Crippen molar-refractivity contribution in [3.63, 3.8) is 0 Å². The second-order valence-corrected chi connectivity index (χ2v) is 9.71. The fourth-order valence-electron chi connectivity index (χ4n) is 4.18. The van der Waals surface area contributed by atoms with Crippen LogP contribution in [-0.4, -0.2) is 72.5 Å². The predicted octanol–water partition coefficient (Wildman–Crippen LogP) is 4.04. The maximum atomic E-state index is 13.6. The molecule has 0 unspecified atom stereocenters. The van der Waals surface area contributed by atoms with E-state index in [1.807, 2.05) is 66.9 Å². The Kier molecular flexibility index (Phi) is 9.11. The second kappa shape index (κ2) is 12.7. The Morgan fingerprint density at radius 2 is 1.77 bits per heavy atom. The molecule has 0 atom stereocenters. The van der Waals surface area contributed by atoms with Crippen LogP contribution in [0.1, 0.15) is 33.2 Å². The highest BCUT2D eigenvalue weighted by Crippen LogP contribution is 2.16. The average Bonchev–Trinajstić information content (AvgIpc) is 3.56. The van der Waals surface area contributed by atoms with E-state index in [4.69, 9.17) is 9.15 Å². The maximum absolute atomic E-state index is 13.6. The Morgan fingerprint density at radius 1 is 0.971 bits per heavy atom. The number of ether oxygens (including phenoxy) is 1. The predicted molar refractivity (Wildman–Crippen MR) is 136 cm³/mol. The molecule has 1 aliphatic heterocycles. The zero-order chi connectivity index (χ0) is 24.5. The van der Waals surface area contributed by atoms with Crippen LogP contribution in [0.5, 0.6) is 0 Å². The summed E-state index contributed by atoms with van der Waals surface area (Å²) in [6.45, 7) is 7.45. The van der Waals surface area contributed by atoms with Crippen molar-refractivity contribution in [2.24, 2.45) is 0 Å². The van der Waals surface area contributed by atoms with Crippen LogP contribution in [0.2, 0.25) is 0 Å². The molecule has 186 valence electrons. The molecule has 2 amide bonds. The van der Waals surface area contributed by atoms with Crippen LogP contribution in [0, 0.1) is 6.92 Å². The Morgan fingerprint density at radius 3 is 2.46 bits per heavy atom. The lowest BCUT2D eigenvalue weighted by Gasteiger charge is -2.29. The summed E-state index contributed by atoms with van der Waals surface area (Å²) >= 11 is 1.41. The molecule has 0 spiro atoms. The van der Waals surface area contributed by atoms with Crippen molar-refractivity contribution < 1.29 is 18.7 Å². The summed E-state index contributed by atoms with van der Waals surface area (Å²) in [7, 11) is 0. The number of morpholine rings is 1. The molecule has 1 aliphatic rings. The van der Waals surface area contributed by atoms with Gasteiger partial charge in [0.1, 0.15) is 18.1 Å². The molecular formula is C27H33N3O4S. The standard InChI is InChI=1S/C27H33N3O4S/c1-22-10-11-24(34-22)20-30(19-23-7-3-2-4-8-23)26(31)21-29(27(32)25-9-5-18-35-25)13-6-12-28-14-16-33-17-15-28/h2-5,7-11,18H,6,12-17,19-21H2,1H3. The summed E-state index contributed by atoms with van der Waals surface area (Å²) in [5.41, 5.74) is 1.03. The minimum atomic E-state index is -0.0980. The number of benzene rings is 1. The summed E-state index contributed by atoms with van der Waals surface area (Å²) < 4.78 is 11.2. The van der Waals surface area contributed by atoms with Crippen molar-refractivity contribution in [2.45, 2.75) is 26.4 Å². The molecular weight excluding hydrogens is 462 g/mol. The number of hydrogen-bond acceptors (Lipinski definition) is 6. The lowest BCUT2D eigenvalue weighted by atomic mass is 10.2. The van der Waals surface area contributed by atoms with Gasteiger partial charge < -0.3 is 19.0 Å². The van der Waals surface area contributed by atoms with E-state index in [-0.39, 0.29) is 18.4 Å². The molecule has 8 heteroatoms. The lowest BCUT2D eigenvalue weighted by molar-refractivity contribution is -0.133. The molecule has 4 rings (SSSR count). The van der Waals surface area contributed by atoms with Gasteiger partial charge in [0.15, 0.2) is 0 Å². The highest BCUT2D eigenvalue weighted by Gasteiger charge is 2.24. The number of amides is 2. The molecule has 35 heavy (non-hydrogen) atoms. The number of nitrogens with zero attached hydrogens (tertiary/aromatic N) is 3. The van der Waals surface area contributed by atoms with Crippen LogP contribution >= 0.6 is 11.3 Å².